The molecular weight excluding hydrogens is 312 g/mol. The Labute approximate surface area is 140 Å². The van der Waals surface area contributed by atoms with Crippen LogP contribution in [0, 0.1) is 0 Å². The van der Waals surface area contributed by atoms with Crippen LogP contribution in [-0.2, 0) is 11.3 Å². The first-order chi connectivity index (χ1) is 11.5. The van der Waals surface area contributed by atoms with E-state index in [0.29, 0.717) is 25.8 Å². The third kappa shape index (κ3) is 5.07. The standard InChI is InChI=1S/C16H26N4O4/c1-4-7-9-12(21)19-18-11(6-3)13-14(22)17-16(24)20(15(13)23)10-8-5-2/h23H,4-10H2,1-3H3,(H,19,21)(H,17,22,24)/b18-11-. The Hall–Kier alpha value is -2.38. The molecule has 1 amide bonds. The lowest BCUT2D eigenvalue weighted by Crippen LogP contribution is -2.34. The van der Waals surface area contributed by atoms with Gasteiger partial charge in [0, 0.05) is 13.0 Å². The number of hydrogen-bond donors (Lipinski definition) is 3. The second-order valence-electron chi connectivity index (χ2n) is 5.51. The summed E-state index contributed by atoms with van der Waals surface area (Å²) in [6, 6.07) is 0. The molecule has 3 N–H and O–H groups in total. The SMILES string of the molecule is CCCCC(=O)N/N=C(/CC)c1c(O)n(CCCC)c(=O)[nH]c1=O. The number of nitrogens with one attached hydrogen (secondary N) is 2. The highest BCUT2D eigenvalue weighted by Crippen LogP contribution is 2.13. The minimum absolute atomic E-state index is 0.0796. The van der Waals surface area contributed by atoms with Crippen LogP contribution in [0.3, 0.4) is 0 Å². The van der Waals surface area contributed by atoms with Crippen LogP contribution >= 0.6 is 0 Å². The number of aromatic hydroxyl groups is 1. The first-order valence-corrected chi connectivity index (χ1v) is 8.38. The predicted molar refractivity (Wildman–Crippen MR) is 92.4 cm³/mol. The van der Waals surface area contributed by atoms with Gasteiger partial charge in [-0.3, -0.25) is 19.1 Å². The highest BCUT2D eigenvalue weighted by atomic mass is 16.3. The number of amides is 1. The minimum Gasteiger partial charge on any atom is -0.494 e. The van der Waals surface area contributed by atoms with Gasteiger partial charge in [0.1, 0.15) is 5.56 Å². The number of carbonyl (C=O) groups is 1. The van der Waals surface area contributed by atoms with Gasteiger partial charge in [-0.15, -0.1) is 0 Å². The van der Waals surface area contributed by atoms with Gasteiger partial charge in [-0.25, -0.2) is 10.2 Å². The number of aromatic amines is 1. The summed E-state index contributed by atoms with van der Waals surface area (Å²) in [5, 5.41) is 14.3. The number of aromatic nitrogens is 2. The molecule has 1 aromatic heterocycles. The van der Waals surface area contributed by atoms with Crippen molar-refractivity contribution in [1.82, 2.24) is 15.0 Å². The van der Waals surface area contributed by atoms with Crippen LogP contribution < -0.4 is 16.7 Å². The van der Waals surface area contributed by atoms with Crippen LogP contribution in [0.25, 0.3) is 0 Å². The van der Waals surface area contributed by atoms with Crippen molar-refractivity contribution in [1.29, 1.82) is 0 Å². The first kappa shape index (κ1) is 19.7. The number of hydrogen-bond acceptors (Lipinski definition) is 5. The van der Waals surface area contributed by atoms with Gasteiger partial charge in [-0.2, -0.15) is 5.10 Å². The smallest absolute Gasteiger partial charge is 0.331 e. The Morgan fingerprint density at radius 1 is 1.21 bits per heavy atom. The van der Waals surface area contributed by atoms with Crippen LogP contribution in [0.5, 0.6) is 5.88 Å². The fourth-order valence-electron chi connectivity index (χ4n) is 2.18. The normalized spacial score (nSPS) is 11.5. The van der Waals surface area contributed by atoms with E-state index in [9.17, 15) is 19.5 Å². The maximum Gasteiger partial charge on any atom is 0.331 e. The average molecular weight is 338 g/mol. The molecule has 1 heterocycles. The molecule has 0 aliphatic rings. The van der Waals surface area contributed by atoms with Crippen molar-refractivity contribution in [3.05, 3.63) is 26.4 Å². The molecule has 0 aliphatic carbocycles. The van der Waals surface area contributed by atoms with E-state index in [1.807, 2.05) is 13.8 Å². The summed E-state index contributed by atoms with van der Waals surface area (Å²) in [5.74, 6) is -0.668. The monoisotopic (exact) mass is 338 g/mol. The largest absolute Gasteiger partial charge is 0.494 e. The molecule has 0 unspecified atom stereocenters. The number of H-pyrrole nitrogens is 1. The minimum atomic E-state index is -0.714. The number of rotatable bonds is 9. The molecule has 0 fully saturated rings. The molecule has 8 heteroatoms. The third-order valence-corrected chi connectivity index (χ3v) is 3.60. The molecule has 0 spiro atoms. The molecule has 0 bridgehead atoms. The molecule has 0 saturated heterocycles. The molecule has 24 heavy (non-hydrogen) atoms. The van der Waals surface area contributed by atoms with E-state index in [2.05, 4.69) is 15.5 Å². The maximum atomic E-state index is 12.1. The van der Waals surface area contributed by atoms with Gasteiger partial charge in [-0.05, 0) is 19.3 Å². The summed E-state index contributed by atoms with van der Waals surface area (Å²) in [5.41, 5.74) is 1.17. The van der Waals surface area contributed by atoms with Crippen molar-refractivity contribution in [2.75, 3.05) is 0 Å². The van der Waals surface area contributed by atoms with Crippen molar-refractivity contribution < 1.29 is 9.90 Å². The molecule has 134 valence electrons. The Kier molecular flexibility index (Phi) is 7.94. The van der Waals surface area contributed by atoms with Gasteiger partial charge in [0.05, 0.1) is 5.71 Å². The Bertz CT molecular complexity index is 703. The average Bonchev–Trinajstić information content (AvgIpc) is 2.55. The Balaban J connectivity index is 3.19. The van der Waals surface area contributed by atoms with Crippen LogP contribution in [0.1, 0.15) is 64.9 Å². The second-order valence-corrected chi connectivity index (χ2v) is 5.51. The summed E-state index contributed by atoms with van der Waals surface area (Å²) < 4.78 is 1.12. The van der Waals surface area contributed by atoms with Gasteiger partial charge in [0.15, 0.2) is 0 Å². The van der Waals surface area contributed by atoms with E-state index in [0.717, 1.165) is 23.8 Å². The fraction of sp³-hybridized carbons (Fsp3) is 0.625. The van der Waals surface area contributed by atoms with Gasteiger partial charge in [0.25, 0.3) is 5.56 Å². The maximum absolute atomic E-state index is 12.1. The highest BCUT2D eigenvalue weighted by Gasteiger charge is 2.18. The molecule has 1 aromatic rings. The summed E-state index contributed by atoms with van der Waals surface area (Å²) in [6.07, 6.45) is 3.82. The summed E-state index contributed by atoms with van der Waals surface area (Å²) in [4.78, 5) is 37.8. The molecule has 0 saturated carbocycles. The summed E-state index contributed by atoms with van der Waals surface area (Å²) in [6.45, 7) is 5.98. The van der Waals surface area contributed by atoms with Gasteiger partial charge < -0.3 is 5.11 Å². The highest BCUT2D eigenvalue weighted by molar-refractivity contribution is 6.02. The quantitative estimate of drug-likeness (QED) is 0.467. The van der Waals surface area contributed by atoms with Crippen LogP contribution in [0.2, 0.25) is 0 Å². The lowest BCUT2D eigenvalue weighted by molar-refractivity contribution is -0.121. The molecule has 0 atom stereocenters. The number of hydrazone groups is 1. The number of nitrogens with zero attached hydrogens (tertiary/aromatic N) is 2. The van der Waals surface area contributed by atoms with Crippen molar-refractivity contribution in [2.45, 2.75) is 65.8 Å². The molecule has 0 aromatic carbocycles. The number of unbranched alkanes of at least 4 members (excludes halogenated alkanes) is 2. The van der Waals surface area contributed by atoms with Crippen LogP contribution in [0.4, 0.5) is 0 Å². The zero-order valence-corrected chi connectivity index (χ0v) is 14.5. The Morgan fingerprint density at radius 3 is 2.46 bits per heavy atom. The lowest BCUT2D eigenvalue weighted by atomic mass is 10.1. The van der Waals surface area contributed by atoms with Crippen molar-refractivity contribution in [3.63, 3.8) is 0 Å². The van der Waals surface area contributed by atoms with E-state index < -0.39 is 17.1 Å². The summed E-state index contributed by atoms with van der Waals surface area (Å²) in [7, 11) is 0. The zero-order valence-electron chi connectivity index (χ0n) is 14.5. The van der Waals surface area contributed by atoms with E-state index >= 15 is 0 Å². The van der Waals surface area contributed by atoms with E-state index in [1.165, 1.54) is 0 Å². The van der Waals surface area contributed by atoms with E-state index in [1.54, 1.807) is 6.92 Å². The molecule has 0 aliphatic heterocycles. The fourth-order valence-corrected chi connectivity index (χ4v) is 2.18. The second kappa shape index (κ2) is 9.69. The predicted octanol–water partition coefficient (Wildman–Crippen LogP) is 1.46. The van der Waals surface area contributed by atoms with Crippen molar-refractivity contribution in [3.8, 4) is 5.88 Å². The van der Waals surface area contributed by atoms with Crippen molar-refractivity contribution >= 4 is 11.6 Å². The van der Waals surface area contributed by atoms with Crippen molar-refractivity contribution in [2.24, 2.45) is 5.10 Å². The van der Waals surface area contributed by atoms with Gasteiger partial charge in [0.2, 0.25) is 11.8 Å². The third-order valence-electron chi connectivity index (χ3n) is 3.60. The first-order valence-electron chi connectivity index (χ1n) is 8.38. The van der Waals surface area contributed by atoms with Gasteiger partial charge >= 0.3 is 5.69 Å². The van der Waals surface area contributed by atoms with Crippen LogP contribution in [0.15, 0.2) is 14.7 Å². The summed E-state index contributed by atoms with van der Waals surface area (Å²) >= 11 is 0. The molecule has 0 radical (unpaired) electrons. The molecule has 1 rings (SSSR count). The lowest BCUT2D eigenvalue weighted by Gasteiger charge is -2.12. The van der Waals surface area contributed by atoms with Gasteiger partial charge in [-0.1, -0.05) is 33.6 Å². The molecular formula is C16H26N4O4. The number of carbonyl (C=O) groups excluding carboxylic acids is 1. The zero-order chi connectivity index (χ0) is 18.1. The topological polar surface area (TPSA) is 117 Å². The van der Waals surface area contributed by atoms with E-state index in [4.69, 9.17) is 0 Å². The van der Waals surface area contributed by atoms with E-state index in [-0.39, 0.29) is 17.2 Å². The van der Waals surface area contributed by atoms with Crippen LogP contribution in [-0.4, -0.2) is 26.3 Å². The molecule has 8 nitrogen and oxygen atoms in total. The Morgan fingerprint density at radius 2 is 1.88 bits per heavy atom.